The lowest BCUT2D eigenvalue weighted by Crippen LogP contribution is -2.48. The van der Waals surface area contributed by atoms with Crippen LogP contribution < -0.4 is 5.32 Å². The largest absolute Gasteiger partial charge is 0.344 e. The first-order valence-electron chi connectivity index (χ1n) is 8.33. The van der Waals surface area contributed by atoms with Gasteiger partial charge < -0.3 is 10.2 Å². The molecule has 2 unspecified atom stereocenters. The van der Waals surface area contributed by atoms with Crippen LogP contribution in [0.5, 0.6) is 0 Å². The molecule has 2 rings (SSSR count). The van der Waals surface area contributed by atoms with Crippen molar-refractivity contribution in [3.63, 3.8) is 0 Å². The third-order valence-electron chi connectivity index (χ3n) is 5.16. The number of hydrogen-bond acceptors (Lipinski definition) is 3. The zero-order valence-corrected chi connectivity index (χ0v) is 13.5. The second-order valence-corrected chi connectivity index (χ2v) is 6.57. The van der Waals surface area contributed by atoms with Gasteiger partial charge in [-0.05, 0) is 45.3 Å². The van der Waals surface area contributed by atoms with Crippen molar-refractivity contribution < 1.29 is 4.79 Å². The second kappa shape index (κ2) is 6.90. The summed E-state index contributed by atoms with van der Waals surface area (Å²) in [6.07, 6.45) is 5.63. The highest BCUT2D eigenvalue weighted by Crippen LogP contribution is 2.33. The fraction of sp³-hybridized carbons (Fsp3) is 0.938. The van der Waals surface area contributed by atoms with Gasteiger partial charge in [0, 0.05) is 26.2 Å². The molecule has 0 saturated carbocycles. The van der Waals surface area contributed by atoms with Crippen LogP contribution in [0.2, 0.25) is 0 Å². The maximum absolute atomic E-state index is 12.9. The monoisotopic (exact) mass is 281 g/mol. The first kappa shape index (κ1) is 15.8. The Hall–Kier alpha value is -0.610. The fourth-order valence-corrected chi connectivity index (χ4v) is 4.05. The highest BCUT2D eigenvalue weighted by atomic mass is 16.2. The van der Waals surface area contributed by atoms with E-state index in [1.807, 2.05) is 11.9 Å². The van der Waals surface area contributed by atoms with E-state index in [4.69, 9.17) is 0 Å². The molecule has 2 heterocycles. The summed E-state index contributed by atoms with van der Waals surface area (Å²) in [5.41, 5.74) is -0.126. The van der Waals surface area contributed by atoms with Crippen LogP contribution in [-0.2, 0) is 4.79 Å². The normalized spacial score (nSPS) is 30.9. The minimum atomic E-state index is -0.126. The van der Waals surface area contributed by atoms with Gasteiger partial charge in [-0.25, -0.2) is 0 Å². The van der Waals surface area contributed by atoms with Gasteiger partial charge in [-0.15, -0.1) is 0 Å². The zero-order chi connectivity index (χ0) is 14.6. The van der Waals surface area contributed by atoms with Gasteiger partial charge in [0.25, 0.3) is 0 Å². The molecule has 1 amide bonds. The zero-order valence-electron chi connectivity index (χ0n) is 13.5. The van der Waals surface area contributed by atoms with Crippen molar-refractivity contribution in [3.8, 4) is 0 Å². The molecule has 0 aromatic heterocycles. The minimum absolute atomic E-state index is 0.126. The standard InChI is InChI=1S/C16H31N3O/c1-4-8-16(9-10-17-13-16)15(20)18(3)12-14-7-6-11-19(14)5-2/h14,17H,4-13H2,1-3H3. The predicted molar refractivity (Wildman–Crippen MR) is 82.7 cm³/mol. The number of nitrogens with one attached hydrogen (secondary N) is 1. The summed E-state index contributed by atoms with van der Waals surface area (Å²) in [7, 11) is 2.00. The molecule has 0 radical (unpaired) electrons. The molecule has 20 heavy (non-hydrogen) atoms. The summed E-state index contributed by atoms with van der Waals surface area (Å²) in [6, 6.07) is 0.571. The van der Waals surface area contributed by atoms with Crippen molar-refractivity contribution in [2.45, 2.75) is 52.0 Å². The molecule has 0 aromatic rings. The number of rotatable bonds is 6. The first-order chi connectivity index (χ1) is 9.63. The van der Waals surface area contributed by atoms with E-state index in [2.05, 4.69) is 24.1 Å². The molecular formula is C16H31N3O. The van der Waals surface area contributed by atoms with Crippen molar-refractivity contribution in [2.75, 3.05) is 39.8 Å². The molecule has 2 aliphatic rings. The fourth-order valence-electron chi connectivity index (χ4n) is 4.05. The van der Waals surface area contributed by atoms with Crippen LogP contribution in [0.25, 0.3) is 0 Å². The SMILES string of the molecule is CCCC1(C(=O)N(C)CC2CCCN2CC)CCNC1. The van der Waals surface area contributed by atoms with E-state index in [-0.39, 0.29) is 5.41 Å². The maximum Gasteiger partial charge on any atom is 0.229 e. The van der Waals surface area contributed by atoms with Crippen LogP contribution in [0.1, 0.15) is 46.0 Å². The van der Waals surface area contributed by atoms with Crippen molar-refractivity contribution in [2.24, 2.45) is 5.41 Å². The van der Waals surface area contributed by atoms with Crippen LogP contribution in [0.15, 0.2) is 0 Å². The maximum atomic E-state index is 12.9. The van der Waals surface area contributed by atoms with Crippen molar-refractivity contribution in [1.82, 2.24) is 15.1 Å². The predicted octanol–water partition coefficient (Wildman–Crippen LogP) is 1.71. The first-order valence-corrected chi connectivity index (χ1v) is 8.33. The Balaban J connectivity index is 1.96. The Morgan fingerprint density at radius 1 is 1.45 bits per heavy atom. The number of likely N-dealkylation sites (N-methyl/N-ethyl adjacent to an activating group) is 2. The lowest BCUT2D eigenvalue weighted by Gasteiger charge is -2.34. The summed E-state index contributed by atoms with van der Waals surface area (Å²) < 4.78 is 0. The Bertz CT molecular complexity index is 326. The van der Waals surface area contributed by atoms with Gasteiger partial charge in [0.15, 0.2) is 0 Å². The minimum Gasteiger partial charge on any atom is -0.344 e. The summed E-state index contributed by atoms with van der Waals surface area (Å²) in [4.78, 5) is 17.4. The van der Waals surface area contributed by atoms with Crippen molar-refractivity contribution in [1.29, 1.82) is 0 Å². The Morgan fingerprint density at radius 2 is 2.25 bits per heavy atom. The highest BCUT2D eigenvalue weighted by Gasteiger charge is 2.42. The molecule has 116 valence electrons. The summed E-state index contributed by atoms with van der Waals surface area (Å²) in [5, 5.41) is 3.39. The number of carbonyl (C=O) groups is 1. The smallest absolute Gasteiger partial charge is 0.229 e. The molecule has 2 saturated heterocycles. The van der Waals surface area contributed by atoms with Gasteiger partial charge in [-0.3, -0.25) is 9.69 Å². The highest BCUT2D eigenvalue weighted by molar-refractivity contribution is 5.83. The second-order valence-electron chi connectivity index (χ2n) is 6.57. The summed E-state index contributed by atoms with van der Waals surface area (Å²) >= 11 is 0. The van der Waals surface area contributed by atoms with Gasteiger partial charge in [-0.2, -0.15) is 0 Å². The molecule has 2 atom stereocenters. The van der Waals surface area contributed by atoms with E-state index < -0.39 is 0 Å². The molecule has 2 fully saturated rings. The van der Waals surface area contributed by atoms with Crippen LogP contribution in [-0.4, -0.2) is 61.5 Å². The molecule has 4 heteroatoms. The third-order valence-corrected chi connectivity index (χ3v) is 5.16. The van der Waals surface area contributed by atoms with Crippen LogP contribution in [0.3, 0.4) is 0 Å². The van der Waals surface area contributed by atoms with Crippen LogP contribution in [0.4, 0.5) is 0 Å². The van der Waals surface area contributed by atoms with Gasteiger partial charge in [0.2, 0.25) is 5.91 Å². The quantitative estimate of drug-likeness (QED) is 0.805. The Morgan fingerprint density at radius 3 is 2.85 bits per heavy atom. The molecular weight excluding hydrogens is 250 g/mol. The van der Waals surface area contributed by atoms with Gasteiger partial charge >= 0.3 is 0 Å². The topological polar surface area (TPSA) is 35.6 Å². The lowest BCUT2D eigenvalue weighted by atomic mass is 9.81. The number of likely N-dealkylation sites (tertiary alicyclic amines) is 1. The van der Waals surface area contributed by atoms with E-state index in [0.717, 1.165) is 45.4 Å². The molecule has 0 spiro atoms. The van der Waals surface area contributed by atoms with Crippen molar-refractivity contribution in [3.05, 3.63) is 0 Å². The number of carbonyl (C=O) groups excluding carboxylic acids is 1. The van der Waals surface area contributed by atoms with Gasteiger partial charge in [0.1, 0.15) is 0 Å². The van der Waals surface area contributed by atoms with Crippen LogP contribution >= 0.6 is 0 Å². The van der Waals surface area contributed by atoms with Gasteiger partial charge in [-0.1, -0.05) is 20.3 Å². The molecule has 2 aliphatic heterocycles. The van der Waals surface area contributed by atoms with E-state index in [1.165, 1.54) is 19.4 Å². The van der Waals surface area contributed by atoms with Gasteiger partial charge in [0.05, 0.1) is 5.41 Å². The molecule has 1 N–H and O–H groups in total. The van der Waals surface area contributed by atoms with Crippen LogP contribution in [0, 0.1) is 5.41 Å². The van der Waals surface area contributed by atoms with E-state index >= 15 is 0 Å². The summed E-state index contributed by atoms with van der Waals surface area (Å²) in [5.74, 6) is 0.368. The van der Waals surface area contributed by atoms with Crippen molar-refractivity contribution >= 4 is 5.91 Å². The Kier molecular flexibility index (Phi) is 5.44. The molecule has 0 aromatic carbocycles. The molecule has 0 bridgehead atoms. The number of hydrogen-bond donors (Lipinski definition) is 1. The third kappa shape index (κ3) is 3.17. The average molecular weight is 281 g/mol. The number of amides is 1. The molecule has 4 nitrogen and oxygen atoms in total. The molecule has 0 aliphatic carbocycles. The lowest BCUT2D eigenvalue weighted by molar-refractivity contribution is -0.140. The van der Waals surface area contributed by atoms with E-state index in [1.54, 1.807) is 0 Å². The van der Waals surface area contributed by atoms with E-state index in [0.29, 0.717) is 11.9 Å². The number of nitrogens with zero attached hydrogens (tertiary/aromatic N) is 2. The Labute approximate surface area is 123 Å². The average Bonchev–Trinajstić information content (AvgIpc) is 3.08. The summed E-state index contributed by atoms with van der Waals surface area (Å²) in [6.45, 7) is 9.47. The van der Waals surface area contributed by atoms with E-state index in [9.17, 15) is 4.79 Å².